The van der Waals surface area contributed by atoms with Crippen LogP contribution in [0.2, 0.25) is 0 Å². The lowest BCUT2D eigenvalue weighted by atomic mass is 10.1. The first-order valence-corrected chi connectivity index (χ1v) is 9.82. The number of likely N-dealkylation sites (tertiary alicyclic amines) is 1. The van der Waals surface area contributed by atoms with Crippen LogP contribution in [0, 0.1) is 0 Å². The number of para-hydroxylation sites is 2. The molecular formula is C23H27N3O3. The number of benzene rings is 2. The van der Waals surface area contributed by atoms with Gasteiger partial charge in [-0.3, -0.25) is 9.59 Å². The van der Waals surface area contributed by atoms with Crippen LogP contribution in [0.15, 0.2) is 60.7 Å². The highest BCUT2D eigenvalue weighted by Crippen LogP contribution is 2.24. The van der Waals surface area contributed by atoms with E-state index >= 15 is 0 Å². The van der Waals surface area contributed by atoms with E-state index in [2.05, 4.69) is 17.2 Å². The maximum absolute atomic E-state index is 12.5. The zero-order valence-corrected chi connectivity index (χ0v) is 16.7. The van der Waals surface area contributed by atoms with E-state index in [1.807, 2.05) is 36.1 Å². The molecule has 1 fully saturated rings. The van der Waals surface area contributed by atoms with Crippen LogP contribution in [0.5, 0.6) is 5.75 Å². The Balaban J connectivity index is 1.57. The molecular weight excluding hydrogens is 366 g/mol. The Bertz CT molecular complexity index is 888. The third kappa shape index (κ3) is 5.85. The number of carbonyl (C=O) groups excluding carboxylic acids is 2. The van der Waals surface area contributed by atoms with E-state index in [0.29, 0.717) is 23.6 Å². The Labute approximate surface area is 171 Å². The first-order valence-electron chi connectivity index (χ1n) is 9.82. The Morgan fingerprint density at radius 1 is 1.10 bits per heavy atom. The quantitative estimate of drug-likeness (QED) is 0.667. The SMILES string of the molecule is C=C(C)COc1ccccc1NC(=O)CNc1cccc(C(=O)N2CCCC2)c1. The van der Waals surface area contributed by atoms with E-state index < -0.39 is 0 Å². The van der Waals surface area contributed by atoms with Gasteiger partial charge in [-0.25, -0.2) is 0 Å². The van der Waals surface area contributed by atoms with Gasteiger partial charge in [0, 0.05) is 24.3 Å². The number of ether oxygens (including phenoxy) is 1. The standard InChI is InChI=1S/C23H27N3O3/c1-17(2)16-29-21-11-4-3-10-20(21)25-22(27)15-24-19-9-7-8-18(14-19)23(28)26-12-5-6-13-26/h3-4,7-11,14,24H,1,5-6,12-13,15-16H2,2H3,(H,25,27). The van der Waals surface area contributed by atoms with E-state index in [-0.39, 0.29) is 18.4 Å². The lowest BCUT2D eigenvalue weighted by Gasteiger charge is -2.16. The minimum Gasteiger partial charge on any atom is -0.487 e. The molecule has 0 aromatic heterocycles. The maximum atomic E-state index is 12.5. The molecule has 2 amide bonds. The monoisotopic (exact) mass is 393 g/mol. The molecule has 0 atom stereocenters. The van der Waals surface area contributed by atoms with Crippen LogP contribution in [0.1, 0.15) is 30.1 Å². The van der Waals surface area contributed by atoms with Gasteiger partial charge in [-0.2, -0.15) is 0 Å². The van der Waals surface area contributed by atoms with Crippen molar-refractivity contribution < 1.29 is 14.3 Å². The number of anilines is 2. The van der Waals surface area contributed by atoms with Crippen LogP contribution in [-0.2, 0) is 4.79 Å². The van der Waals surface area contributed by atoms with Gasteiger partial charge in [0.05, 0.1) is 12.2 Å². The molecule has 1 aliphatic heterocycles. The Morgan fingerprint density at radius 2 is 1.86 bits per heavy atom. The molecule has 0 spiro atoms. The second-order valence-electron chi connectivity index (χ2n) is 7.22. The van der Waals surface area contributed by atoms with Gasteiger partial charge in [-0.05, 0) is 55.7 Å². The summed E-state index contributed by atoms with van der Waals surface area (Å²) in [5.74, 6) is 0.439. The van der Waals surface area contributed by atoms with Crippen LogP contribution in [-0.4, -0.2) is 43.0 Å². The summed E-state index contributed by atoms with van der Waals surface area (Å²) in [4.78, 5) is 26.8. The van der Waals surface area contributed by atoms with Gasteiger partial charge < -0.3 is 20.3 Å². The molecule has 0 bridgehead atoms. The summed E-state index contributed by atoms with van der Waals surface area (Å²) in [6, 6.07) is 14.6. The van der Waals surface area contributed by atoms with Crippen LogP contribution in [0.25, 0.3) is 0 Å². The Hall–Kier alpha value is -3.28. The van der Waals surface area contributed by atoms with Crippen molar-refractivity contribution in [3.63, 3.8) is 0 Å². The number of hydrogen-bond donors (Lipinski definition) is 2. The number of nitrogens with zero attached hydrogens (tertiary/aromatic N) is 1. The van der Waals surface area contributed by atoms with E-state index in [0.717, 1.165) is 37.2 Å². The summed E-state index contributed by atoms with van der Waals surface area (Å²) in [5, 5.41) is 5.94. The first kappa shape index (κ1) is 20.5. The highest BCUT2D eigenvalue weighted by atomic mass is 16.5. The molecule has 6 nitrogen and oxygen atoms in total. The molecule has 3 rings (SSSR count). The molecule has 29 heavy (non-hydrogen) atoms. The highest BCUT2D eigenvalue weighted by Gasteiger charge is 2.19. The minimum absolute atomic E-state index is 0.0409. The fourth-order valence-electron chi connectivity index (χ4n) is 3.14. The fourth-order valence-corrected chi connectivity index (χ4v) is 3.14. The predicted molar refractivity (Wildman–Crippen MR) is 115 cm³/mol. The fraction of sp³-hybridized carbons (Fsp3) is 0.304. The van der Waals surface area contributed by atoms with Gasteiger partial charge in [-0.15, -0.1) is 0 Å². The number of hydrogen-bond acceptors (Lipinski definition) is 4. The maximum Gasteiger partial charge on any atom is 0.253 e. The van der Waals surface area contributed by atoms with Crippen molar-refractivity contribution in [1.82, 2.24) is 4.90 Å². The van der Waals surface area contributed by atoms with Crippen molar-refractivity contribution in [2.75, 3.05) is 36.9 Å². The van der Waals surface area contributed by atoms with Gasteiger partial charge in [0.15, 0.2) is 0 Å². The average Bonchev–Trinajstić information content (AvgIpc) is 3.26. The molecule has 6 heteroatoms. The first-order chi connectivity index (χ1) is 14.0. The molecule has 0 radical (unpaired) electrons. The van der Waals surface area contributed by atoms with Crippen molar-refractivity contribution in [2.45, 2.75) is 19.8 Å². The number of nitrogens with one attached hydrogen (secondary N) is 2. The molecule has 0 aliphatic carbocycles. The van der Waals surface area contributed by atoms with Gasteiger partial charge in [0.25, 0.3) is 5.91 Å². The van der Waals surface area contributed by atoms with Gasteiger partial charge >= 0.3 is 0 Å². The largest absolute Gasteiger partial charge is 0.487 e. The molecule has 1 heterocycles. The molecule has 1 aliphatic rings. The van der Waals surface area contributed by atoms with Crippen molar-refractivity contribution >= 4 is 23.2 Å². The molecule has 152 valence electrons. The van der Waals surface area contributed by atoms with Gasteiger partial charge in [0.2, 0.25) is 5.91 Å². The third-order valence-electron chi connectivity index (χ3n) is 4.59. The summed E-state index contributed by atoms with van der Waals surface area (Å²) in [6.45, 7) is 7.80. The summed E-state index contributed by atoms with van der Waals surface area (Å²) in [7, 11) is 0. The average molecular weight is 393 g/mol. The summed E-state index contributed by atoms with van der Waals surface area (Å²) < 4.78 is 5.68. The van der Waals surface area contributed by atoms with E-state index in [9.17, 15) is 9.59 Å². The summed E-state index contributed by atoms with van der Waals surface area (Å²) >= 11 is 0. The van der Waals surface area contributed by atoms with Crippen molar-refractivity contribution in [3.05, 3.63) is 66.2 Å². The van der Waals surface area contributed by atoms with Crippen molar-refractivity contribution in [3.8, 4) is 5.75 Å². The van der Waals surface area contributed by atoms with Gasteiger partial charge in [-0.1, -0.05) is 24.8 Å². The molecule has 0 unspecified atom stereocenters. The molecule has 2 aromatic carbocycles. The second kappa shape index (κ2) is 9.78. The van der Waals surface area contributed by atoms with Crippen LogP contribution in [0.4, 0.5) is 11.4 Å². The van der Waals surface area contributed by atoms with Crippen molar-refractivity contribution in [2.24, 2.45) is 0 Å². The Kier molecular flexibility index (Phi) is 6.89. The molecule has 1 saturated heterocycles. The zero-order chi connectivity index (χ0) is 20.6. The zero-order valence-electron chi connectivity index (χ0n) is 16.7. The molecule has 0 saturated carbocycles. The summed E-state index contributed by atoms with van der Waals surface area (Å²) in [6.07, 6.45) is 2.11. The normalized spacial score (nSPS) is 13.1. The van der Waals surface area contributed by atoms with E-state index in [1.54, 1.807) is 24.3 Å². The second-order valence-corrected chi connectivity index (χ2v) is 7.22. The number of carbonyl (C=O) groups is 2. The van der Waals surface area contributed by atoms with E-state index in [1.165, 1.54) is 0 Å². The molecule has 2 N–H and O–H groups in total. The highest BCUT2D eigenvalue weighted by molar-refractivity contribution is 5.96. The topological polar surface area (TPSA) is 70.7 Å². The number of rotatable bonds is 8. The Morgan fingerprint density at radius 3 is 2.62 bits per heavy atom. The van der Waals surface area contributed by atoms with Crippen molar-refractivity contribution in [1.29, 1.82) is 0 Å². The molecule has 2 aromatic rings. The van der Waals surface area contributed by atoms with Crippen LogP contribution in [0.3, 0.4) is 0 Å². The predicted octanol–water partition coefficient (Wildman–Crippen LogP) is 3.93. The third-order valence-corrected chi connectivity index (χ3v) is 4.59. The van der Waals surface area contributed by atoms with Gasteiger partial charge in [0.1, 0.15) is 12.4 Å². The summed E-state index contributed by atoms with van der Waals surface area (Å²) in [5.41, 5.74) is 2.88. The minimum atomic E-state index is -0.201. The number of amides is 2. The lowest BCUT2D eigenvalue weighted by molar-refractivity contribution is -0.114. The van der Waals surface area contributed by atoms with Crippen LogP contribution < -0.4 is 15.4 Å². The smallest absolute Gasteiger partial charge is 0.253 e. The van der Waals surface area contributed by atoms with Crippen LogP contribution >= 0.6 is 0 Å². The lowest BCUT2D eigenvalue weighted by Crippen LogP contribution is -2.27. The van der Waals surface area contributed by atoms with E-state index in [4.69, 9.17) is 4.74 Å².